The number of nitrogens with zero attached hydrogens (tertiary/aromatic N) is 2. The number of hydrogen-bond acceptors (Lipinski definition) is 3. The van der Waals surface area contributed by atoms with E-state index in [4.69, 9.17) is 11.6 Å². The molecule has 2 rings (SSSR count). The van der Waals surface area contributed by atoms with Gasteiger partial charge in [-0.25, -0.2) is 4.98 Å². The number of halogens is 1. The molecule has 1 aromatic heterocycles. The number of carbonyl (C=O) groups excluding carboxylic acids is 1. The molecule has 0 spiro atoms. The third-order valence-electron chi connectivity index (χ3n) is 3.00. The van der Waals surface area contributed by atoms with E-state index in [0.717, 1.165) is 17.7 Å². The molecule has 4 nitrogen and oxygen atoms in total. The fourth-order valence-corrected chi connectivity index (χ4v) is 1.98. The standard InChI is InChI=1S/C15H16ClN3O/c1-3-13(11-4-6-12(16)7-5-11)19-15(20)14-9-17-10(2)8-18-14/h4-9,13H,3H2,1-2H3,(H,19,20). The molecular weight excluding hydrogens is 274 g/mol. The Balaban J connectivity index is 2.11. The lowest BCUT2D eigenvalue weighted by molar-refractivity contribution is 0.0930. The molecule has 0 radical (unpaired) electrons. The molecule has 1 N–H and O–H groups in total. The van der Waals surface area contributed by atoms with E-state index in [2.05, 4.69) is 15.3 Å². The van der Waals surface area contributed by atoms with Crippen LogP contribution in [0.5, 0.6) is 0 Å². The highest BCUT2D eigenvalue weighted by Gasteiger charge is 2.15. The highest BCUT2D eigenvalue weighted by atomic mass is 35.5. The molecule has 5 heteroatoms. The van der Waals surface area contributed by atoms with Crippen LogP contribution in [0.1, 0.15) is 41.1 Å². The van der Waals surface area contributed by atoms with Crippen LogP contribution in [0.3, 0.4) is 0 Å². The molecule has 0 aliphatic carbocycles. The Labute approximate surface area is 123 Å². The second kappa shape index (κ2) is 6.48. The van der Waals surface area contributed by atoms with Crippen molar-refractivity contribution in [1.29, 1.82) is 0 Å². The van der Waals surface area contributed by atoms with Crippen molar-refractivity contribution in [2.75, 3.05) is 0 Å². The molecule has 0 bridgehead atoms. The van der Waals surface area contributed by atoms with E-state index in [1.54, 1.807) is 6.20 Å². The summed E-state index contributed by atoms with van der Waals surface area (Å²) < 4.78 is 0. The van der Waals surface area contributed by atoms with Gasteiger partial charge < -0.3 is 5.32 Å². The quantitative estimate of drug-likeness (QED) is 0.939. The first-order valence-electron chi connectivity index (χ1n) is 6.45. The van der Waals surface area contributed by atoms with Crippen LogP contribution in [-0.4, -0.2) is 15.9 Å². The molecule has 1 heterocycles. The number of aryl methyl sites for hydroxylation is 1. The van der Waals surface area contributed by atoms with Crippen molar-refractivity contribution in [2.45, 2.75) is 26.3 Å². The van der Waals surface area contributed by atoms with Crippen molar-refractivity contribution in [3.05, 3.63) is 58.6 Å². The van der Waals surface area contributed by atoms with Crippen molar-refractivity contribution in [3.8, 4) is 0 Å². The van der Waals surface area contributed by atoms with Crippen LogP contribution >= 0.6 is 11.6 Å². The molecule has 20 heavy (non-hydrogen) atoms. The maximum atomic E-state index is 12.1. The summed E-state index contributed by atoms with van der Waals surface area (Å²) in [5, 5.41) is 3.63. The monoisotopic (exact) mass is 289 g/mol. The van der Waals surface area contributed by atoms with Gasteiger partial charge in [0.1, 0.15) is 5.69 Å². The molecule has 0 fully saturated rings. The van der Waals surface area contributed by atoms with Crippen LogP contribution in [0.2, 0.25) is 5.02 Å². The normalized spacial score (nSPS) is 11.9. The number of aromatic nitrogens is 2. The summed E-state index contributed by atoms with van der Waals surface area (Å²) in [6.07, 6.45) is 3.85. The molecule has 1 aromatic carbocycles. The summed E-state index contributed by atoms with van der Waals surface area (Å²) in [4.78, 5) is 20.3. The van der Waals surface area contributed by atoms with Gasteiger partial charge in [-0.2, -0.15) is 0 Å². The summed E-state index contributed by atoms with van der Waals surface area (Å²) in [6.45, 7) is 3.84. The molecule has 1 atom stereocenters. The van der Waals surface area contributed by atoms with Crippen molar-refractivity contribution < 1.29 is 4.79 Å². The molecule has 104 valence electrons. The number of benzene rings is 1. The fraction of sp³-hybridized carbons (Fsp3) is 0.267. The molecule has 0 saturated heterocycles. The largest absolute Gasteiger partial charge is 0.344 e. The van der Waals surface area contributed by atoms with Gasteiger partial charge in [-0.05, 0) is 31.0 Å². The van der Waals surface area contributed by atoms with Gasteiger partial charge in [-0.3, -0.25) is 9.78 Å². The minimum Gasteiger partial charge on any atom is -0.344 e. The van der Waals surface area contributed by atoms with Gasteiger partial charge in [0.05, 0.1) is 17.9 Å². The first-order chi connectivity index (χ1) is 9.60. The summed E-state index contributed by atoms with van der Waals surface area (Å²) in [5.41, 5.74) is 2.12. The van der Waals surface area contributed by atoms with Crippen LogP contribution in [-0.2, 0) is 0 Å². The molecule has 1 amide bonds. The van der Waals surface area contributed by atoms with Crippen LogP contribution in [0.25, 0.3) is 0 Å². The van der Waals surface area contributed by atoms with Crippen molar-refractivity contribution in [3.63, 3.8) is 0 Å². The Hall–Kier alpha value is -1.94. The van der Waals surface area contributed by atoms with E-state index in [1.807, 2.05) is 38.1 Å². The lowest BCUT2D eigenvalue weighted by Gasteiger charge is -2.17. The van der Waals surface area contributed by atoms with E-state index in [0.29, 0.717) is 10.7 Å². The Morgan fingerprint density at radius 1 is 1.25 bits per heavy atom. The maximum absolute atomic E-state index is 12.1. The predicted octanol–water partition coefficient (Wildman–Crippen LogP) is 3.32. The molecule has 2 aromatic rings. The van der Waals surface area contributed by atoms with Crippen LogP contribution < -0.4 is 5.32 Å². The fourth-order valence-electron chi connectivity index (χ4n) is 1.86. The number of rotatable bonds is 4. The van der Waals surface area contributed by atoms with Crippen LogP contribution in [0.4, 0.5) is 0 Å². The minimum atomic E-state index is -0.223. The van der Waals surface area contributed by atoms with Gasteiger partial charge in [-0.15, -0.1) is 0 Å². The second-order valence-electron chi connectivity index (χ2n) is 4.53. The molecule has 0 aliphatic heterocycles. The number of amides is 1. The second-order valence-corrected chi connectivity index (χ2v) is 4.97. The summed E-state index contributed by atoms with van der Waals surface area (Å²) >= 11 is 5.87. The zero-order valence-corrected chi connectivity index (χ0v) is 12.2. The van der Waals surface area contributed by atoms with Crippen molar-refractivity contribution >= 4 is 17.5 Å². The average Bonchev–Trinajstić information content (AvgIpc) is 2.46. The summed E-state index contributed by atoms with van der Waals surface area (Å²) in [7, 11) is 0. The van der Waals surface area contributed by atoms with Gasteiger partial charge in [0, 0.05) is 11.2 Å². The third kappa shape index (κ3) is 3.54. The third-order valence-corrected chi connectivity index (χ3v) is 3.25. The lowest BCUT2D eigenvalue weighted by atomic mass is 10.0. The molecular formula is C15H16ClN3O. The number of carbonyl (C=O) groups is 1. The Morgan fingerprint density at radius 2 is 1.95 bits per heavy atom. The van der Waals surface area contributed by atoms with E-state index in [-0.39, 0.29) is 11.9 Å². The number of hydrogen-bond donors (Lipinski definition) is 1. The predicted molar refractivity (Wildman–Crippen MR) is 78.7 cm³/mol. The van der Waals surface area contributed by atoms with Gasteiger partial charge in [-0.1, -0.05) is 30.7 Å². The van der Waals surface area contributed by atoms with Gasteiger partial charge in [0.25, 0.3) is 5.91 Å². The molecule has 0 aliphatic rings. The molecule has 1 unspecified atom stereocenters. The van der Waals surface area contributed by atoms with Crippen molar-refractivity contribution in [2.24, 2.45) is 0 Å². The highest BCUT2D eigenvalue weighted by molar-refractivity contribution is 6.30. The van der Waals surface area contributed by atoms with Gasteiger partial charge in [0.15, 0.2) is 0 Å². The van der Waals surface area contributed by atoms with Crippen molar-refractivity contribution in [1.82, 2.24) is 15.3 Å². The Bertz CT molecular complexity index is 581. The number of nitrogens with one attached hydrogen (secondary N) is 1. The van der Waals surface area contributed by atoms with E-state index >= 15 is 0 Å². The lowest BCUT2D eigenvalue weighted by Crippen LogP contribution is -2.29. The van der Waals surface area contributed by atoms with Crippen LogP contribution in [0, 0.1) is 6.92 Å². The Kier molecular flexibility index (Phi) is 4.69. The molecule has 0 saturated carbocycles. The highest BCUT2D eigenvalue weighted by Crippen LogP contribution is 2.19. The topological polar surface area (TPSA) is 54.9 Å². The summed E-state index contributed by atoms with van der Waals surface area (Å²) in [6, 6.07) is 7.40. The minimum absolute atomic E-state index is 0.0668. The zero-order chi connectivity index (χ0) is 14.5. The summed E-state index contributed by atoms with van der Waals surface area (Å²) in [5.74, 6) is -0.223. The average molecular weight is 290 g/mol. The zero-order valence-electron chi connectivity index (χ0n) is 11.4. The van der Waals surface area contributed by atoms with E-state index in [9.17, 15) is 4.79 Å². The SMILES string of the molecule is CCC(NC(=O)c1cnc(C)cn1)c1ccc(Cl)cc1. The first-order valence-corrected chi connectivity index (χ1v) is 6.83. The Morgan fingerprint density at radius 3 is 2.50 bits per heavy atom. The van der Waals surface area contributed by atoms with Crippen LogP contribution in [0.15, 0.2) is 36.7 Å². The van der Waals surface area contributed by atoms with Gasteiger partial charge in [0.2, 0.25) is 0 Å². The van der Waals surface area contributed by atoms with E-state index in [1.165, 1.54) is 6.20 Å². The first kappa shape index (κ1) is 14.5. The smallest absolute Gasteiger partial charge is 0.271 e. The van der Waals surface area contributed by atoms with E-state index < -0.39 is 0 Å². The maximum Gasteiger partial charge on any atom is 0.271 e. The van der Waals surface area contributed by atoms with Gasteiger partial charge >= 0.3 is 0 Å².